The summed E-state index contributed by atoms with van der Waals surface area (Å²) < 4.78 is 1.93. The monoisotopic (exact) mass is 447 g/mol. The number of aromatic amines is 1. The van der Waals surface area contributed by atoms with Gasteiger partial charge in [0.05, 0.1) is 12.0 Å². The molecule has 3 saturated heterocycles. The Morgan fingerprint density at radius 1 is 1.12 bits per heavy atom. The minimum absolute atomic E-state index is 0.209. The van der Waals surface area contributed by atoms with E-state index in [1.165, 1.54) is 12.8 Å². The van der Waals surface area contributed by atoms with Gasteiger partial charge in [0.25, 0.3) is 0 Å². The average Bonchev–Trinajstić information content (AvgIpc) is 3.32. The van der Waals surface area contributed by atoms with Crippen LogP contribution in [0.4, 0.5) is 4.79 Å². The van der Waals surface area contributed by atoms with Gasteiger partial charge in [-0.25, -0.2) is 14.8 Å². The number of carbonyl (C=O) groups excluding carboxylic acids is 1. The van der Waals surface area contributed by atoms with E-state index in [2.05, 4.69) is 26.2 Å². The maximum absolute atomic E-state index is 12.9. The zero-order valence-electron chi connectivity index (χ0n) is 19.0. The van der Waals surface area contributed by atoms with E-state index in [9.17, 15) is 10.1 Å². The highest BCUT2D eigenvalue weighted by molar-refractivity contribution is 5.77. The lowest BCUT2D eigenvalue weighted by Crippen LogP contribution is -2.75. The topological polar surface area (TPSA) is 110 Å². The molecule has 5 fully saturated rings. The van der Waals surface area contributed by atoms with E-state index in [0.29, 0.717) is 22.9 Å². The summed E-state index contributed by atoms with van der Waals surface area (Å²) >= 11 is 0. The van der Waals surface area contributed by atoms with Crippen LogP contribution in [0.15, 0.2) is 6.33 Å². The third kappa shape index (κ3) is 3.01. The fraction of sp³-hybridized carbons (Fsp3) is 0.696. The van der Waals surface area contributed by atoms with Crippen molar-refractivity contribution in [1.29, 1.82) is 5.26 Å². The molecule has 2 aliphatic carbocycles. The van der Waals surface area contributed by atoms with Crippen LogP contribution in [0.2, 0.25) is 0 Å². The summed E-state index contributed by atoms with van der Waals surface area (Å²) in [6.45, 7) is 6.19. The molecule has 5 aliphatic rings. The summed E-state index contributed by atoms with van der Waals surface area (Å²) in [5, 5.41) is 16.8. The molecule has 2 amide bonds. The molecule has 1 N–H and O–H groups in total. The second-order valence-electron chi connectivity index (χ2n) is 11.4. The molecule has 7 rings (SSSR count). The SMILES string of the molecule is Cn1cnc(C#N)c1CN1CC2(C1)CN(C(=O)N1CC3(CC(c4n[nH]c(C5CC5)n4)C3)C1)C2. The van der Waals surface area contributed by atoms with Gasteiger partial charge in [-0.1, -0.05) is 0 Å². The van der Waals surface area contributed by atoms with Crippen molar-refractivity contribution in [3.05, 3.63) is 29.4 Å². The number of rotatable bonds is 4. The minimum Gasteiger partial charge on any atom is -0.335 e. The summed E-state index contributed by atoms with van der Waals surface area (Å²) in [6.07, 6.45) is 6.39. The lowest BCUT2D eigenvalue weighted by atomic mass is 9.57. The number of nitrogens with one attached hydrogen (secondary N) is 1. The lowest BCUT2D eigenvalue weighted by molar-refractivity contribution is -0.117. The minimum atomic E-state index is 0.209. The largest absolute Gasteiger partial charge is 0.335 e. The third-order valence-corrected chi connectivity index (χ3v) is 8.51. The van der Waals surface area contributed by atoms with Gasteiger partial charge in [0, 0.05) is 75.5 Å². The first-order chi connectivity index (χ1) is 15.9. The second kappa shape index (κ2) is 6.56. The number of nitriles is 1. The summed E-state index contributed by atoms with van der Waals surface area (Å²) in [7, 11) is 1.93. The molecule has 2 saturated carbocycles. The molecule has 10 heteroatoms. The Morgan fingerprint density at radius 3 is 2.48 bits per heavy atom. The standard InChI is InChI=1S/C23H29N9O/c1-29-14-25-17(6-24)18(29)7-30-8-23(9-30)12-32(13-23)21(33)31-10-22(11-31)4-16(5-22)20-26-19(27-28-20)15-2-3-15/h14-16H,2-5,7-13H2,1H3,(H,26,27,28). The molecule has 2 aromatic rings. The highest BCUT2D eigenvalue weighted by Gasteiger charge is 2.58. The molecule has 2 aromatic heterocycles. The summed E-state index contributed by atoms with van der Waals surface area (Å²) in [6, 6.07) is 2.39. The van der Waals surface area contributed by atoms with Crippen molar-refractivity contribution in [2.45, 2.75) is 44.1 Å². The molecule has 3 aliphatic heterocycles. The van der Waals surface area contributed by atoms with Crippen molar-refractivity contribution >= 4 is 6.03 Å². The number of imidazole rings is 1. The van der Waals surface area contributed by atoms with Crippen molar-refractivity contribution in [1.82, 2.24) is 39.4 Å². The van der Waals surface area contributed by atoms with Crippen molar-refractivity contribution in [2.24, 2.45) is 17.9 Å². The van der Waals surface area contributed by atoms with Crippen LogP contribution in [0.25, 0.3) is 0 Å². The van der Waals surface area contributed by atoms with E-state index in [0.717, 1.165) is 76.0 Å². The first kappa shape index (κ1) is 19.5. The predicted molar refractivity (Wildman–Crippen MR) is 117 cm³/mol. The zero-order chi connectivity index (χ0) is 22.4. The number of carbonyl (C=O) groups is 1. The number of amides is 2. The second-order valence-corrected chi connectivity index (χ2v) is 11.4. The lowest BCUT2D eigenvalue weighted by Gasteiger charge is -2.63. The van der Waals surface area contributed by atoms with Gasteiger partial charge in [0.15, 0.2) is 11.5 Å². The molecule has 2 spiro atoms. The van der Waals surface area contributed by atoms with Gasteiger partial charge in [-0.2, -0.15) is 10.4 Å². The first-order valence-electron chi connectivity index (χ1n) is 12.0. The fourth-order valence-corrected chi connectivity index (χ4v) is 6.60. The number of hydrogen-bond donors (Lipinski definition) is 1. The van der Waals surface area contributed by atoms with Gasteiger partial charge < -0.3 is 14.4 Å². The van der Waals surface area contributed by atoms with Crippen LogP contribution in [-0.2, 0) is 13.6 Å². The highest BCUT2D eigenvalue weighted by atomic mass is 16.2. The Bertz CT molecular complexity index is 1140. The number of aryl methyl sites for hydroxylation is 1. The molecule has 5 heterocycles. The number of H-pyrrole nitrogens is 1. The number of aromatic nitrogens is 5. The molecule has 0 bridgehead atoms. The molecule has 0 radical (unpaired) electrons. The average molecular weight is 448 g/mol. The van der Waals surface area contributed by atoms with Crippen LogP contribution in [0, 0.1) is 22.2 Å². The normalized spacial score (nSPS) is 25.3. The highest BCUT2D eigenvalue weighted by Crippen LogP contribution is 2.56. The molecular weight excluding hydrogens is 418 g/mol. The van der Waals surface area contributed by atoms with Gasteiger partial charge in [0.1, 0.15) is 11.9 Å². The first-order valence-corrected chi connectivity index (χ1v) is 12.0. The van der Waals surface area contributed by atoms with E-state index in [4.69, 9.17) is 4.98 Å². The molecule has 0 atom stereocenters. The molecule has 10 nitrogen and oxygen atoms in total. The molecule has 0 unspecified atom stereocenters. The van der Waals surface area contributed by atoms with Crippen molar-refractivity contribution in [2.75, 3.05) is 39.3 Å². The zero-order valence-corrected chi connectivity index (χ0v) is 19.0. The van der Waals surface area contributed by atoms with Crippen LogP contribution in [0.5, 0.6) is 0 Å². The summed E-state index contributed by atoms with van der Waals surface area (Å²) in [5.41, 5.74) is 2.03. The third-order valence-electron chi connectivity index (χ3n) is 8.51. The van der Waals surface area contributed by atoms with Crippen LogP contribution >= 0.6 is 0 Å². The Hall–Kier alpha value is -2.93. The smallest absolute Gasteiger partial charge is 0.320 e. The number of urea groups is 1. The van der Waals surface area contributed by atoms with E-state index < -0.39 is 0 Å². The van der Waals surface area contributed by atoms with E-state index in [-0.39, 0.29) is 11.4 Å². The number of hydrogen-bond acceptors (Lipinski definition) is 6. The van der Waals surface area contributed by atoms with E-state index in [1.807, 2.05) is 21.4 Å². The van der Waals surface area contributed by atoms with Crippen molar-refractivity contribution < 1.29 is 4.79 Å². The van der Waals surface area contributed by atoms with Gasteiger partial charge in [-0.05, 0) is 25.7 Å². The Balaban J connectivity index is 0.863. The van der Waals surface area contributed by atoms with Gasteiger partial charge >= 0.3 is 6.03 Å². The van der Waals surface area contributed by atoms with Gasteiger partial charge in [-0.15, -0.1) is 0 Å². The van der Waals surface area contributed by atoms with Crippen LogP contribution in [-0.4, -0.2) is 84.7 Å². The van der Waals surface area contributed by atoms with Crippen LogP contribution in [0.3, 0.4) is 0 Å². The number of nitrogens with zero attached hydrogens (tertiary/aromatic N) is 8. The molecular formula is C23H29N9O. The predicted octanol–water partition coefficient (Wildman–Crippen LogP) is 1.40. The summed E-state index contributed by atoms with van der Waals surface area (Å²) in [5.74, 6) is 3.13. The van der Waals surface area contributed by atoms with Crippen LogP contribution < -0.4 is 0 Å². The molecule has 172 valence electrons. The maximum atomic E-state index is 12.9. The fourth-order valence-electron chi connectivity index (χ4n) is 6.60. The Morgan fingerprint density at radius 2 is 1.82 bits per heavy atom. The molecule has 0 aromatic carbocycles. The molecule has 33 heavy (non-hydrogen) atoms. The van der Waals surface area contributed by atoms with Gasteiger partial charge in [0.2, 0.25) is 0 Å². The summed E-state index contributed by atoms with van der Waals surface area (Å²) in [4.78, 5) is 28.2. The quantitative estimate of drug-likeness (QED) is 0.759. The van der Waals surface area contributed by atoms with Crippen molar-refractivity contribution in [3.8, 4) is 6.07 Å². The van der Waals surface area contributed by atoms with Crippen LogP contribution in [0.1, 0.15) is 60.6 Å². The van der Waals surface area contributed by atoms with Gasteiger partial charge in [-0.3, -0.25) is 10.00 Å². The number of likely N-dealkylation sites (tertiary alicyclic amines) is 3. The Labute approximate surface area is 192 Å². The maximum Gasteiger partial charge on any atom is 0.320 e. The van der Waals surface area contributed by atoms with Crippen molar-refractivity contribution in [3.63, 3.8) is 0 Å². The Kier molecular flexibility index (Phi) is 3.89. The van der Waals surface area contributed by atoms with E-state index in [1.54, 1.807) is 6.33 Å². The van der Waals surface area contributed by atoms with E-state index >= 15 is 0 Å².